The maximum Gasteiger partial charge on any atom is 0.127 e. The first-order chi connectivity index (χ1) is 13.3. The fourth-order valence-electron chi connectivity index (χ4n) is 2.84. The predicted octanol–water partition coefficient (Wildman–Crippen LogP) is 6.86. The summed E-state index contributed by atoms with van der Waals surface area (Å²) in [6.07, 6.45) is 0.923. The van der Waals surface area contributed by atoms with Gasteiger partial charge in [-0.25, -0.2) is 0 Å². The lowest BCUT2D eigenvalue weighted by molar-refractivity contribution is 0.469. The van der Waals surface area contributed by atoms with Gasteiger partial charge in [-0.05, 0) is 66.1 Å². The molecule has 0 radical (unpaired) electrons. The van der Waals surface area contributed by atoms with E-state index in [1.807, 2.05) is 72.8 Å². The van der Waals surface area contributed by atoms with Gasteiger partial charge in [0.15, 0.2) is 0 Å². The Morgan fingerprint density at radius 2 is 0.741 bits per heavy atom. The number of ether oxygens (including phenoxy) is 2. The van der Waals surface area contributed by atoms with Gasteiger partial charge in [-0.1, -0.05) is 60.7 Å². The van der Waals surface area contributed by atoms with Gasteiger partial charge < -0.3 is 9.47 Å². The molecule has 0 aromatic heterocycles. The van der Waals surface area contributed by atoms with Gasteiger partial charge in [0.05, 0.1) is 0 Å². The summed E-state index contributed by atoms with van der Waals surface area (Å²) < 4.78 is 11.7. The minimum Gasteiger partial charge on any atom is -0.457 e. The van der Waals surface area contributed by atoms with Crippen LogP contribution in [0.5, 0.6) is 23.0 Å². The van der Waals surface area contributed by atoms with Crippen LogP contribution in [0, 0.1) is 0 Å². The monoisotopic (exact) mass is 352 g/mol. The topological polar surface area (TPSA) is 18.5 Å². The first-order valence-electron chi connectivity index (χ1n) is 8.99. The van der Waals surface area contributed by atoms with E-state index in [2.05, 4.69) is 36.4 Å². The van der Waals surface area contributed by atoms with Crippen LogP contribution in [0.1, 0.15) is 11.1 Å². The van der Waals surface area contributed by atoms with Gasteiger partial charge in [0.1, 0.15) is 23.0 Å². The Hall–Kier alpha value is -3.52. The molecule has 27 heavy (non-hydrogen) atoms. The molecule has 0 heterocycles. The maximum atomic E-state index is 5.93. The molecule has 0 saturated heterocycles. The van der Waals surface area contributed by atoms with Gasteiger partial charge in [0.2, 0.25) is 0 Å². The fraction of sp³-hybridized carbons (Fsp3) is 0.0400. The van der Waals surface area contributed by atoms with Crippen LogP contribution in [0.15, 0.2) is 109 Å². The summed E-state index contributed by atoms with van der Waals surface area (Å²) >= 11 is 0. The normalized spacial score (nSPS) is 10.4. The van der Waals surface area contributed by atoms with E-state index in [4.69, 9.17) is 9.47 Å². The molecule has 4 aromatic carbocycles. The van der Waals surface area contributed by atoms with Crippen molar-refractivity contribution in [2.24, 2.45) is 0 Å². The van der Waals surface area contributed by atoms with E-state index in [9.17, 15) is 0 Å². The molecular weight excluding hydrogens is 332 g/mol. The molecule has 0 aliphatic heterocycles. The second-order valence-corrected chi connectivity index (χ2v) is 6.29. The van der Waals surface area contributed by atoms with E-state index in [0.717, 1.165) is 29.4 Å². The highest BCUT2D eigenvalue weighted by Crippen LogP contribution is 2.27. The van der Waals surface area contributed by atoms with E-state index in [1.54, 1.807) is 0 Å². The zero-order valence-electron chi connectivity index (χ0n) is 14.9. The lowest BCUT2D eigenvalue weighted by atomic mass is 10.1. The molecule has 0 N–H and O–H groups in total. The minimum atomic E-state index is 0.784. The van der Waals surface area contributed by atoms with Gasteiger partial charge in [0, 0.05) is 0 Å². The third-order valence-corrected chi connectivity index (χ3v) is 4.21. The highest BCUT2D eigenvalue weighted by molar-refractivity contribution is 5.39. The van der Waals surface area contributed by atoms with Crippen molar-refractivity contribution in [2.75, 3.05) is 0 Å². The molecular formula is C25H20O2. The first kappa shape index (κ1) is 16.9. The summed E-state index contributed by atoms with van der Waals surface area (Å²) in [6.45, 7) is 0. The Labute approximate surface area is 159 Å². The molecule has 2 heteroatoms. The Morgan fingerprint density at radius 3 is 1.26 bits per heavy atom. The Morgan fingerprint density at radius 1 is 0.370 bits per heavy atom. The van der Waals surface area contributed by atoms with Crippen molar-refractivity contribution in [2.45, 2.75) is 6.42 Å². The molecule has 0 aliphatic carbocycles. The highest BCUT2D eigenvalue weighted by atomic mass is 16.5. The van der Waals surface area contributed by atoms with E-state index >= 15 is 0 Å². The van der Waals surface area contributed by atoms with Gasteiger partial charge >= 0.3 is 0 Å². The Bertz CT molecular complexity index is 877. The number of para-hydroxylation sites is 1. The van der Waals surface area contributed by atoms with Crippen molar-refractivity contribution < 1.29 is 9.47 Å². The Balaban J connectivity index is 1.37. The van der Waals surface area contributed by atoms with Crippen LogP contribution in [0.3, 0.4) is 0 Å². The molecule has 2 nitrogen and oxygen atoms in total. The zero-order chi connectivity index (χ0) is 18.3. The van der Waals surface area contributed by atoms with E-state index < -0.39 is 0 Å². The van der Waals surface area contributed by atoms with E-state index in [-0.39, 0.29) is 0 Å². The summed E-state index contributed by atoms with van der Waals surface area (Å²) in [5.74, 6) is 3.21. The van der Waals surface area contributed by atoms with Crippen LogP contribution >= 0.6 is 0 Å². The van der Waals surface area contributed by atoms with E-state index in [1.165, 1.54) is 11.1 Å². The molecule has 0 aliphatic rings. The van der Waals surface area contributed by atoms with Crippen molar-refractivity contribution in [1.29, 1.82) is 0 Å². The van der Waals surface area contributed by atoms with Crippen LogP contribution in [0.25, 0.3) is 0 Å². The summed E-state index contributed by atoms with van der Waals surface area (Å²) in [5, 5.41) is 0. The van der Waals surface area contributed by atoms with Gasteiger partial charge in [-0.3, -0.25) is 0 Å². The fourth-order valence-corrected chi connectivity index (χ4v) is 2.84. The molecule has 0 bridgehead atoms. The van der Waals surface area contributed by atoms with Crippen LogP contribution in [0.2, 0.25) is 0 Å². The summed E-state index contributed by atoms with van der Waals surface area (Å²) in [5.41, 5.74) is 2.57. The van der Waals surface area contributed by atoms with Crippen molar-refractivity contribution in [3.8, 4) is 23.0 Å². The lowest BCUT2D eigenvalue weighted by Gasteiger charge is -2.09. The predicted molar refractivity (Wildman–Crippen MR) is 109 cm³/mol. The van der Waals surface area contributed by atoms with Crippen LogP contribution < -0.4 is 9.47 Å². The SMILES string of the molecule is c1ccc(Cc2ccc(Oc3ccc(Oc4ccccc4)cc3)cc2)cc1. The number of rotatable bonds is 6. The average molecular weight is 352 g/mol. The van der Waals surface area contributed by atoms with Crippen molar-refractivity contribution in [1.82, 2.24) is 0 Å². The van der Waals surface area contributed by atoms with Crippen molar-refractivity contribution in [3.05, 3.63) is 120 Å². The van der Waals surface area contributed by atoms with Crippen molar-refractivity contribution >= 4 is 0 Å². The second kappa shape index (κ2) is 8.24. The van der Waals surface area contributed by atoms with Crippen LogP contribution in [0.4, 0.5) is 0 Å². The minimum absolute atomic E-state index is 0.784. The van der Waals surface area contributed by atoms with Gasteiger partial charge in [-0.15, -0.1) is 0 Å². The van der Waals surface area contributed by atoms with Gasteiger partial charge in [0.25, 0.3) is 0 Å². The average Bonchev–Trinajstić information content (AvgIpc) is 2.73. The lowest BCUT2D eigenvalue weighted by Crippen LogP contribution is -1.89. The third kappa shape index (κ3) is 4.77. The number of benzene rings is 4. The molecule has 0 spiro atoms. The highest BCUT2D eigenvalue weighted by Gasteiger charge is 2.01. The molecule has 0 amide bonds. The van der Waals surface area contributed by atoms with Gasteiger partial charge in [-0.2, -0.15) is 0 Å². The summed E-state index contributed by atoms with van der Waals surface area (Å²) in [6, 6.07) is 36.1. The number of hydrogen-bond donors (Lipinski definition) is 0. The Kier molecular flexibility index (Phi) is 5.16. The van der Waals surface area contributed by atoms with E-state index in [0.29, 0.717) is 0 Å². The molecule has 132 valence electrons. The molecule has 4 aromatic rings. The van der Waals surface area contributed by atoms with Crippen molar-refractivity contribution in [3.63, 3.8) is 0 Å². The zero-order valence-corrected chi connectivity index (χ0v) is 14.9. The summed E-state index contributed by atoms with van der Waals surface area (Å²) in [7, 11) is 0. The second-order valence-electron chi connectivity index (χ2n) is 6.29. The summed E-state index contributed by atoms with van der Waals surface area (Å²) in [4.78, 5) is 0. The molecule has 0 unspecified atom stereocenters. The third-order valence-electron chi connectivity index (χ3n) is 4.21. The quantitative estimate of drug-likeness (QED) is 0.377. The standard InChI is InChI=1S/C25H20O2/c1-3-7-20(8-4-1)19-21-11-13-23(14-12-21)27-25-17-15-24(16-18-25)26-22-9-5-2-6-10-22/h1-18H,19H2. The number of hydrogen-bond acceptors (Lipinski definition) is 2. The molecule has 0 saturated carbocycles. The molecule has 4 rings (SSSR count). The molecule has 0 fully saturated rings. The first-order valence-corrected chi connectivity index (χ1v) is 8.99. The smallest absolute Gasteiger partial charge is 0.127 e. The molecule has 0 atom stereocenters. The largest absolute Gasteiger partial charge is 0.457 e. The van der Waals surface area contributed by atoms with Crippen LogP contribution in [-0.2, 0) is 6.42 Å². The maximum absolute atomic E-state index is 5.93. The van der Waals surface area contributed by atoms with Crippen LogP contribution in [-0.4, -0.2) is 0 Å².